The molecule has 0 atom stereocenters. The number of benzene rings is 1. The zero-order chi connectivity index (χ0) is 11.1. The number of nitrogens with one attached hydrogen (secondary N) is 1. The van der Waals surface area contributed by atoms with E-state index in [0.717, 1.165) is 5.69 Å². The molecule has 0 fully saturated rings. The number of amides is 1. The average Bonchev–Trinajstić information content (AvgIpc) is 2.61. The highest BCUT2D eigenvalue weighted by Gasteiger charge is 2.19. The Balaban J connectivity index is 2.28. The second kappa shape index (κ2) is 3.31. The molecule has 6 heteroatoms. The predicted molar refractivity (Wildman–Crippen MR) is 58.7 cm³/mol. The summed E-state index contributed by atoms with van der Waals surface area (Å²) in [6.45, 7) is 0. The maximum atomic E-state index is 11.6. The minimum Gasteiger partial charge on any atom is -0.324 e. The SMILES string of the molecule is O=C1Cc2nncn2-c2ccc(Cl)cc2N1. The predicted octanol–water partition coefficient (Wildman–Crippen LogP) is 1.42. The van der Waals surface area contributed by atoms with Crippen LogP contribution in [0.25, 0.3) is 5.69 Å². The second-order valence-corrected chi connectivity index (χ2v) is 3.94. The quantitative estimate of drug-likeness (QED) is 0.750. The summed E-state index contributed by atoms with van der Waals surface area (Å²) >= 11 is 5.89. The molecule has 80 valence electrons. The Morgan fingerprint density at radius 1 is 1.44 bits per heavy atom. The lowest BCUT2D eigenvalue weighted by molar-refractivity contribution is -0.115. The fourth-order valence-corrected chi connectivity index (χ4v) is 1.91. The van der Waals surface area contributed by atoms with Crippen LogP contribution in [0, 0.1) is 0 Å². The Hall–Kier alpha value is -1.88. The lowest BCUT2D eigenvalue weighted by Crippen LogP contribution is -2.13. The van der Waals surface area contributed by atoms with Crippen molar-refractivity contribution in [3.63, 3.8) is 0 Å². The number of nitrogens with zero attached hydrogens (tertiary/aromatic N) is 3. The molecule has 3 rings (SSSR count). The van der Waals surface area contributed by atoms with Crippen LogP contribution in [0.4, 0.5) is 5.69 Å². The topological polar surface area (TPSA) is 59.8 Å². The summed E-state index contributed by atoms with van der Waals surface area (Å²) in [7, 11) is 0. The zero-order valence-electron chi connectivity index (χ0n) is 8.14. The van der Waals surface area contributed by atoms with Crippen LogP contribution in [0.15, 0.2) is 24.5 Å². The fraction of sp³-hybridized carbons (Fsp3) is 0.100. The normalized spacial score (nSPS) is 13.7. The summed E-state index contributed by atoms with van der Waals surface area (Å²) in [6, 6.07) is 5.31. The maximum absolute atomic E-state index is 11.6. The molecular formula is C10H7ClN4O. The van der Waals surface area contributed by atoms with Crippen molar-refractivity contribution in [3.8, 4) is 5.69 Å². The number of halogens is 1. The van der Waals surface area contributed by atoms with E-state index in [2.05, 4.69) is 15.5 Å². The van der Waals surface area contributed by atoms with E-state index in [-0.39, 0.29) is 12.3 Å². The van der Waals surface area contributed by atoms with Gasteiger partial charge in [0.15, 0.2) is 0 Å². The van der Waals surface area contributed by atoms with E-state index in [0.29, 0.717) is 16.5 Å². The van der Waals surface area contributed by atoms with Crippen molar-refractivity contribution in [2.24, 2.45) is 0 Å². The number of carbonyl (C=O) groups is 1. The molecule has 0 spiro atoms. The van der Waals surface area contributed by atoms with Gasteiger partial charge in [-0.3, -0.25) is 9.36 Å². The van der Waals surface area contributed by atoms with Crippen molar-refractivity contribution >= 4 is 23.2 Å². The van der Waals surface area contributed by atoms with Crippen molar-refractivity contribution in [2.45, 2.75) is 6.42 Å². The van der Waals surface area contributed by atoms with Crippen LogP contribution in [-0.4, -0.2) is 20.7 Å². The van der Waals surface area contributed by atoms with E-state index < -0.39 is 0 Å². The molecule has 1 aliphatic heterocycles. The van der Waals surface area contributed by atoms with Gasteiger partial charge in [0.25, 0.3) is 0 Å². The first-order chi connectivity index (χ1) is 7.74. The van der Waals surface area contributed by atoms with Crippen molar-refractivity contribution in [3.05, 3.63) is 35.4 Å². The highest BCUT2D eigenvalue weighted by molar-refractivity contribution is 6.31. The molecule has 1 N–H and O–H groups in total. The van der Waals surface area contributed by atoms with Gasteiger partial charge in [-0.05, 0) is 18.2 Å². The van der Waals surface area contributed by atoms with E-state index in [1.807, 2.05) is 6.07 Å². The van der Waals surface area contributed by atoms with Crippen molar-refractivity contribution in [1.82, 2.24) is 14.8 Å². The van der Waals surface area contributed by atoms with Crippen LogP contribution < -0.4 is 5.32 Å². The van der Waals surface area contributed by atoms with Gasteiger partial charge in [-0.1, -0.05) is 11.6 Å². The molecule has 0 radical (unpaired) electrons. The van der Waals surface area contributed by atoms with E-state index >= 15 is 0 Å². The van der Waals surface area contributed by atoms with Gasteiger partial charge in [-0.25, -0.2) is 0 Å². The van der Waals surface area contributed by atoms with Gasteiger partial charge in [-0.2, -0.15) is 0 Å². The third kappa shape index (κ3) is 1.37. The summed E-state index contributed by atoms with van der Waals surface area (Å²) in [5, 5.41) is 11.1. The summed E-state index contributed by atoms with van der Waals surface area (Å²) in [5.74, 6) is 0.508. The van der Waals surface area contributed by atoms with Crippen LogP contribution in [0.2, 0.25) is 5.02 Å². The number of aromatic nitrogens is 3. The Morgan fingerprint density at radius 3 is 3.19 bits per heavy atom. The molecule has 0 unspecified atom stereocenters. The molecule has 0 saturated carbocycles. The maximum Gasteiger partial charge on any atom is 0.232 e. The Kier molecular flexibility index (Phi) is 1.94. The average molecular weight is 235 g/mol. The lowest BCUT2D eigenvalue weighted by atomic mass is 10.2. The molecule has 0 aliphatic carbocycles. The highest BCUT2D eigenvalue weighted by Crippen LogP contribution is 2.27. The second-order valence-electron chi connectivity index (χ2n) is 3.50. The first-order valence-electron chi connectivity index (χ1n) is 4.73. The van der Waals surface area contributed by atoms with Gasteiger partial charge in [0, 0.05) is 5.02 Å². The molecule has 5 nitrogen and oxygen atoms in total. The first kappa shape index (κ1) is 9.35. The van der Waals surface area contributed by atoms with Gasteiger partial charge in [-0.15, -0.1) is 10.2 Å². The van der Waals surface area contributed by atoms with Crippen LogP contribution in [-0.2, 0) is 11.2 Å². The molecule has 1 amide bonds. The van der Waals surface area contributed by atoms with Crippen LogP contribution in [0.3, 0.4) is 0 Å². The lowest BCUT2D eigenvalue weighted by Gasteiger charge is -2.08. The number of anilines is 1. The molecule has 2 aromatic rings. The smallest absolute Gasteiger partial charge is 0.232 e. The minimum absolute atomic E-state index is 0.115. The molecule has 2 heterocycles. The number of carbonyl (C=O) groups excluding carboxylic acids is 1. The summed E-state index contributed by atoms with van der Waals surface area (Å²) < 4.78 is 1.78. The van der Waals surface area contributed by atoms with E-state index in [1.54, 1.807) is 23.0 Å². The van der Waals surface area contributed by atoms with Crippen molar-refractivity contribution in [1.29, 1.82) is 0 Å². The molecule has 1 aromatic carbocycles. The fourth-order valence-electron chi connectivity index (χ4n) is 1.74. The van der Waals surface area contributed by atoms with Crippen LogP contribution in [0.5, 0.6) is 0 Å². The van der Waals surface area contributed by atoms with Crippen molar-refractivity contribution in [2.75, 3.05) is 5.32 Å². The van der Waals surface area contributed by atoms with Gasteiger partial charge in [0.05, 0.1) is 17.8 Å². The molecule has 1 aliphatic rings. The third-order valence-corrected chi connectivity index (χ3v) is 2.66. The molecular weight excluding hydrogens is 228 g/mol. The summed E-state index contributed by atoms with van der Waals surface area (Å²) in [6.07, 6.45) is 1.80. The van der Waals surface area contributed by atoms with E-state index in [4.69, 9.17) is 11.6 Å². The minimum atomic E-state index is -0.115. The first-order valence-corrected chi connectivity index (χ1v) is 5.10. The molecule has 0 bridgehead atoms. The van der Waals surface area contributed by atoms with Crippen LogP contribution >= 0.6 is 11.6 Å². The number of hydrogen-bond acceptors (Lipinski definition) is 3. The third-order valence-electron chi connectivity index (χ3n) is 2.43. The number of hydrogen-bond donors (Lipinski definition) is 1. The van der Waals surface area contributed by atoms with Gasteiger partial charge >= 0.3 is 0 Å². The van der Waals surface area contributed by atoms with Gasteiger partial charge in [0.2, 0.25) is 5.91 Å². The zero-order valence-corrected chi connectivity index (χ0v) is 8.90. The summed E-state index contributed by atoms with van der Waals surface area (Å²) in [5.41, 5.74) is 1.51. The summed E-state index contributed by atoms with van der Waals surface area (Å²) in [4.78, 5) is 11.6. The van der Waals surface area contributed by atoms with Crippen LogP contribution in [0.1, 0.15) is 5.82 Å². The largest absolute Gasteiger partial charge is 0.324 e. The Labute approximate surface area is 96.1 Å². The van der Waals surface area contributed by atoms with E-state index in [1.165, 1.54) is 0 Å². The van der Waals surface area contributed by atoms with E-state index in [9.17, 15) is 4.79 Å². The number of fused-ring (bicyclic) bond motifs is 3. The molecule has 1 aromatic heterocycles. The standard InChI is InChI=1S/C10H7ClN4O/c11-6-1-2-8-7(3-6)13-10(16)4-9-14-12-5-15(8)9/h1-3,5H,4H2,(H,13,16). The van der Waals surface area contributed by atoms with Crippen molar-refractivity contribution < 1.29 is 4.79 Å². The molecule has 0 saturated heterocycles. The number of rotatable bonds is 0. The molecule has 16 heavy (non-hydrogen) atoms. The monoisotopic (exact) mass is 234 g/mol. The Bertz CT molecular complexity index is 578. The van der Waals surface area contributed by atoms with Gasteiger partial charge in [0.1, 0.15) is 12.2 Å². The Morgan fingerprint density at radius 2 is 2.31 bits per heavy atom. The van der Waals surface area contributed by atoms with Gasteiger partial charge < -0.3 is 5.32 Å². The highest BCUT2D eigenvalue weighted by atomic mass is 35.5.